The molecule has 0 saturated heterocycles. The molecule has 0 spiro atoms. The lowest BCUT2D eigenvalue weighted by molar-refractivity contribution is 0.600. The Hall–Kier alpha value is -1.37. The van der Waals surface area contributed by atoms with Gasteiger partial charge < -0.3 is 10.6 Å². The first kappa shape index (κ1) is 13.7. The summed E-state index contributed by atoms with van der Waals surface area (Å²) in [6.45, 7) is 2.48. The molecule has 0 unspecified atom stereocenters. The summed E-state index contributed by atoms with van der Waals surface area (Å²) in [4.78, 5) is 8.31. The molecule has 0 aliphatic carbocycles. The van der Waals surface area contributed by atoms with Crippen LogP contribution in [0.25, 0.3) is 0 Å². The second-order valence-corrected chi connectivity index (χ2v) is 6.15. The zero-order chi connectivity index (χ0) is 12.9. The Kier molecular flexibility index (Phi) is 4.68. The topological polar surface area (TPSA) is 84.0 Å². The van der Waals surface area contributed by atoms with Crippen LogP contribution in [-0.2, 0) is 9.84 Å². The van der Waals surface area contributed by atoms with E-state index >= 15 is 0 Å². The van der Waals surface area contributed by atoms with Crippen LogP contribution in [0.2, 0.25) is 0 Å². The first-order valence-corrected chi connectivity index (χ1v) is 7.41. The van der Waals surface area contributed by atoms with Crippen molar-refractivity contribution >= 4 is 21.6 Å². The highest BCUT2D eigenvalue weighted by Crippen LogP contribution is 2.11. The van der Waals surface area contributed by atoms with E-state index in [0.29, 0.717) is 18.9 Å². The van der Waals surface area contributed by atoms with Crippen LogP contribution in [0.15, 0.2) is 6.20 Å². The molecule has 1 aromatic heterocycles. The van der Waals surface area contributed by atoms with Crippen molar-refractivity contribution in [1.82, 2.24) is 9.97 Å². The van der Waals surface area contributed by atoms with Crippen LogP contribution in [0, 0.1) is 6.92 Å². The van der Waals surface area contributed by atoms with Crippen molar-refractivity contribution in [2.45, 2.75) is 13.3 Å². The van der Waals surface area contributed by atoms with Crippen molar-refractivity contribution in [2.75, 3.05) is 36.2 Å². The lowest BCUT2D eigenvalue weighted by Gasteiger charge is -2.09. The smallest absolute Gasteiger partial charge is 0.224 e. The van der Waals surface area contributed by atoms with Gasteiger partial charge in [0.1, 0.15) is 15.7 Å². The fourth-order valence-electron chi connectivity index (χ4n) is 1.28. The standard InChI is InChI=1S/C10H18N4O2S/c1-8-7-13-10(11-2)14-9(8)12-5-4-6-17(3,15)16/h7H,4-6H2,1-3H3,(H2,11,12,13,14). The summed E-state index contributed by atoms with van der Waals surface area (Å²) in [7, 11) is -1.14. The number of rotatable bonds is 6. The molecule has 96 valence electrons. The summed E-state index contributed by atoms with van der Waals surface area (Å²) in [5, 5.41) is 5.96. The molecule has 17 heavy (non-hydrogen) atoms. The molecule has 2 N–H and O–H groups in total. The Bertz CT molecular complexity index is 473. The second-order valence-electron chi connectivity index (χ2n) is 3.89. The summed E-state index contributed by atoms with van der Waals surface area (Å²) in [5.41, 5.74) is 0.934. The molecule has 0 radical (unpaired) electrons. The SMILES string of the molecule is CNc1ncc(C)c(NCCCS(C)(=O)=O)n1. The fraction of sp³-hybridized carbons (Fsp3) is 0.600. The zero-order valence-electron chi connectivity index (χ0n) is 10.3. The lowest BCUT2D eigenvalue weighted by atomic mass is 10.3. The number of hydrogen-bond acceptors (Lipinski definition) is 6. The summed E-state index contributed by atoms with van der Waals surface area (Å²) in [5.74, 6) is 1.46. The lowest BCUT2D eigenvalue weighted by Crippen LogP contribution is -2.12. The Morgan fingerprint density at radius 3 is 2.71 bits per heavy atom. The Balaban J connectivity index is 2.51. The minimum absolute atomic E-state index is 0.184. The third-order valence-corrected chi connectivity index (χ3v) is 3.21. The largest absolute Gasteiger partial charge is 0.370 e. The maximum atomic E-state index is 10.9. The van der Waals surface area contributed by atoms with Crippen LogP contribution in [0.5, 0.6) is 0 Å². The summed E-state index contributed by atoms with van der Waals surface area (Å²) < 4.78 is 21.9. The quantitative estimate of drug-likeness (QED) is 0.730. The van der Waals surface area contributed by atoms with Crippen molar-refractivity contribution in [3.8, 4) is 0 Å². The molecule has 0 aromatic carbocycles. The third-order valence-electron chi connectivity index (χ3n) is 2.18. The maximum absolute atomic E-state index is 10.9. The molecule has 0 amide bonds. The van der Waals surface area contributed by atoms with Gasteiger partial charge >= 0.3 is 0 Å². The van der Waals surface area contributed by atoms with E-state index in [1.165, 1.54) is 6.26 Å². The highest BCUT2D eigenvalue weighted by molar-refractivity contribution is 7.90. The van der Waals surface area contributed by atoms with E-state index in [9.17, 15) is 8.42 Å². The van der Waals surface area contributed by atoms with Crippen molar-refractivity contribution < 1.29 is 8.42 Å². The molecule has 6 nitrogen and oxygen atoms in total. The predicted octanol–water partition coefficient (Wildman–Crippen LogP) is 0.673. The Labute approximate surface area is 102 Å². The van der Waals surface area contributed by atoms with Gasteiger partial charge in [-0.2, -0.15) is 4.98 Å². The summed E-state index contributed by atoms with van der Waals surface area (Å²) in [6.07, 6.45) is 3.52. The average molecular weight is 258 g/mol. The van der Waals surface area contributed by atoms with Gasteiger partial charge in [-0.05, 0) is 13.3 Å². The van der Waals surface area contributed by atoms with Gasteiger partial charge in [-0.1, -0.05) is 0 Å². The monoisotopic (exact) mass is 258 g/mol. The molecule has 0 saturated carbocycles. The van der Waals surface area contributed by atoms with E-state index in [-0.39, 0.29) is 5.75 Å². The minimum Gasteiger partial charge on any atom is -0.370 e. The van der Waals surface area contributed by atoms with Gasteiger partial charge in [-0.3, -0.25) is 0 Å². The minimum atomic E-state index is -2.89. The number of hydrogen-bond donors (Lipinski definition) is 2. The van der Waals surface area contributed by atoms with Gasteiger partial charge in [0.15, 0.2) is 0 Å². The van der Waals surface area contributed by atoms with E-state index in [1.807, 2.05) is 6.92 Å². The molecule has 0 bridgehead atoms. The highest BCUT2D eigenvalue weighted by Gasteiger charge is 2.04. The van der Waals surface area contributed by atoms with Gasteiger partial charge in [0.2, 0.25) is 5.95 Å². The molecule has 1 rings (SSSR count). The van der Waals surface area contributed by atoms with Crippen molar-refractivity contribution in [3.63, 3.8) is 0 Å². The number of aromatic nitrogens is 2. The third kappa shape index (κ3) is 4.99. The number of aryl methyl sites for hydroxylation is 1. The highest BCUT2D eigenvalue weighted by atomic mass is 32.2. The van der Waals surface area contributed by atoms with Crippen molar-refractivity contribution in [2.24, 2.45) is 0 Å². The normalized spacial score (nSPS) is 11.2. The van der Waals surface area contributed by atoms with E-state index in [0.717, 1.165) is 11.4 Å². The molecule has 0 aliphatic rings. The van der Waals surface area contributed by atoms with Crippen LogP contribution >= 0.6 is 0 Å². The van der Waals surface area contributed by atoms with Gasteiger partial charge in [0.05, 0.1) is 5.75 Å². The van der Waals surface area contributed by atoms with Crippen molar-refractivity contribution in [3.05, 3.63) is 11.8 Å². The number of anilines is 2. The van der Waals surface area contributed by atoms with E-state index in [2.05, 4.69) is 20.6 Å². The van der Waals surface area contributed by atoms with Crippen LogP contribution in [-0.4, -0.2) is 44.0 Å². The molecule has 0 atom stereocenters. The number of nitrogens with zero attached hydrogens (tertiary/aromatic N) is 2. The molecular formula is C10H18N4O2S. The van der Waals surface area contributed by atoms with Gasteiger partial charge in [0.25, 0.3) is 0 Å². The van der Waals surface area contributed by atoms with E-state index in [4.69, 9.17) is 0 Å². The Morgan fingerprint density at radius 2 is 2.12 bits per heavy atom. The van der Waals surface area contributed by atoms with Gasteiger partial charge in [0, 0.05) is 31.6 Å². The van der Waals surface area contributed by atoms with Crippen LogP contribution in [0.1, 0.15) is 12.0 Å². The summed E-state index contributed by atoms with van der Waals surface area (Å²) >= 11 is 0. The molecule has 1 aromatic rings. The average Bonchev–Trinajstić information content (AvgIpc) is 2.25. The van der Waals surface area contributed by atoms with Gasteiger partial charge in [-0.25, -0.2) is 13.4 Å². The van der Waals surface area contributed by atoms with Crippen LogP contribution in [0.4, 0.5) is 11.8 Å². The summed E-state index contributed by atoms with van der Waals surface area (Å²) in [6, 6.07) is 0. The van der Waals surface area contributed by atoms with Crippen LogP contribution in [0.3, 0.4) is 0 Å². The molecule has 7 heteroatoms. The maximum Gasteiger partial charge on any atom is 0.224 e. The number of sulfone groups is 1. The van der Waals surface area contributed by atoms with Crippen molar-refractivity contribution in [1.29, 1.82) is 0 Å². The zero-order valence-corrected chi connectivity index (χ0v) is 11.1. The van der Waals surface area contributed by atoms with Crippen LogP contribution < -0.4 is 10.6 Å². The number of nitrogens with one attached hydrogen (secondary N) is 2. The van der Waals surface area contributed by atoms with E-state index in [1.54, 1.807) is 13.2 Å². The molecule has 0 fully saturated rings. The predicted molar refractivity (Wildman–Crippen MR) is 69.1 cm³/mol. The molecule has 0 aliphatic heterocycles. The van der Waals surface area contributed by atoms with E-state index < -0.39 is 9.84 Å². The van der Waals surface area contributed by atoms with Gasteiger partial charge in [-0.15, -0.1) is 0 Å². The second kappa shape index (κ2) is 5.81. The fourth-order valence-corrected chi connectivity index (χ4v) is 1.95. The molecular weight excluding hydrogens is 240 g/mol. The first-order valence-electron chi connectivity index (χ1n) is 5.35. The Morgan fingerprint density at radius 1 is 1.41 bits per heavy atom. The molecule has 1 heterocycles. The first-order chi connectivity index (χ1) is 7.92.